The van der Waals surface area contributed by atoms with Crippen LogP contribution >= 0.6 is 22.6 Å². The van der Waals surface area contributed by atoms with E-state index in [2.05, 4.69) is 0 Å². The molecule has 0 saturated heterocycles. The van der Waals surface area contributed by atoms with Crippen molar-refractivity contribution >= 4 is 40.6 Å². The summed E-state index contributed by atoms with van der Waals surface area (Å²) in [6.07, 6.45) is 1.27. The molecular weight excluding hydrogens is 389 g/mol. The van der Waals surface area contributed by atoms with Gasteiger partial charge >= 0.3 is 6.03 Å². The Hall–Kier alpha value is -2.28. The largest absolute Gasteiger partial charge is 0.504 e. The zero-order valence-corrected chi connectivity index (χ0v) is 13.2. The molecule has 21 heavy (non-hydrogen) atoms. The maximum absolute atomic E-state index is 11.6. The average Bonchev–Trinajstić information content (AvgIpc) is 2.40. The van der Waals surface area contributed by atoms with E-state index in [1.54, 1.807) is 24.4 Å². The predicted octanol–water partition coefficient (Wildman–Crippen LogP) is 1.50. The summed E-state index contributed by atoms with van der Waals surface area (Å²) in [6.45, 7) is 2.11. The third-order valence-electron chi connectivity index (χ3n) is 2.26. The zero-order valence-electron chi connectivity index (χ0n) is 11.0. The lowest BCUT2D eigenvalue weighted by Crippen LogP contribution is -2.35. The lowest BCUT2D eigenvalue weighted by atomic mass is 10.1. The van der Waals surface area contributed by atoms with Crippen LogP contribution in [0, 0.1) is 14.9 Å². The lowest BCUT2D eigenvalue weighted by molar-refractivity contribution is -0.115. The first-order chi connectivity index (χ1) is 9.88. The number of imide groups is 1. The van der Waals surface area contributed by atoms with E-state index >= 15 is 0 Å². The molecule has 0 heterocycles. The summed E-state index contributed by atoms with van der Waals surface area (Å²) in [6, 6.07) is 3.68. The Labute approximate surface area is 134 Å². The minimum atomic E-state index is -1.04. The van der Waals surface area contributed by atoms with Crippen LogP contribution < -0.4 is 15.8 Å². The predicted molar refractivity (Wildman–Crippen MR) is 83.3 cm³/mol. The molecule has 0 aliphatic rings. The molecule has 0 aromatic heterocycles. The number of nitrogens with one attached hydrogen (secondary N) is 1. The number of carbonyl (C=O) groups is 2. The molecule has 0 aliphatic heterocycles. The Balaban J connectivity index is 3.20. The number of phenols is 1. The number of nitrogens with zero attached hydrogens (tertiary/aromatic N) is 1. The van der Waals surface area contributed by atoms with Crippen molar-refractivity contribution in [3.63, 3.8) is 0 Å². The van der Waals surface area contributed by atoms with E-state index in [-0.39, 0.29) is 17.1 Å². The van der Waals surface area contributed by atoms with E-state index in [4.69, 9.17) is 15.7 Å². The van der Waals surface area contributed by atoms with Gasteiger partial charge in [0, 0.05) is 0 Å². The number of amides is 3. The summed E-state index contributed by atoms with van der Waals surface area (Å²) in [5.41, 5.74) is 5.00. The molecule has 7 nitrogen and oxygen atoms in total. The summed E-state index contributed by atoms with van der Waals surface area (Å²) in [5, 5.41) is 20.6. The number of primary amides is 1. The van der Waals surface area contributed by atoms with Crippen LogP contribution in [0.3, 0.4) is 0 Å². The van der Waals surface area contributed by atoms with Gasteiger partial charge in [0.1, 0.15) is 11.6 Å². The molecule has 0 aliphatic carbocycles. The van der Waals surface area contributed by atoms with Crippen molar-refractivity contribution < 1.29 is 19.4 Å². The fourth-order valence-electron chi connectivity index (χ4n) is 1.44. The second-order valence-corrected chi connectivity index (χ2v) is 4.93. The molecule has 3 amide bonds. The van der Waals surface area contributed by atoms with Crippen LogP contribution in [0.25, 0.3) is 6.08 Å². The number of nitriles is 1. The maximum Gasteiger partial charge on any atom is 0.319 e. The van der Waals surface area contributed by atoms with Gasteiger partial charge in [-0.1, -0.05) is 0 Å². The van der Waals surface area contributed by atoms with E-state index < -0.39 is 11.9 Å². The summed E-state index contributed by atoms with van der Waals surface area (Å²) in [7, 11) is 0. The standard InChI is InChI=1S/C13H12IN3O4/c1-2-21-10-5-7(4-9(14)11(10)18)3-8(6-15)12(19)17-13(16)20/h3-5,18H,2H2,1H3,(H3,16,17,19,20)/b8-3-. The molecule has 1 rings (SSSR count). The number of urea groups is 1. The number of hydrogen-bond acceptors (Lipinski definition) is 5. The third-order valence-corrected chi connectivity index (χ3v) is 3.09. The lowest BCUT2D eigenvalue weighted by Gasteiger charge is -2.09. The summed E-state index contributed by atoms with van der Waals surface area (Å²) in [4.78, 5) is 22.2. The second kappa shape index (κ2) is 7.49. The van der Waals surface area contributed by atoms with Gasteiger partial charge in [-0.3, -0.25) is 10.1 Å². The quantitative estimate of drug-likeness (QED) is 0.401. The Bertz CT molecular complexity index is 650. The Morgan fingerprint density at radius 1 is 1.57 bits per heavy atom. The SMILES string of the molecule is CCOc1cc(/C=C(/C#N)C(=O)NC(N)=O)cc(I)c1O. The number of rotatable bonds is 4. The summed E-state index contributed by atoms with van der Waals surface area (Å²) in [5.74, 6) is -0.677. The fourth-order valence-corrected chi connectivity index (χ4v) is 2.06. The van der Waals surface area contributed by atoms with Gasteiger partial charge in [0.25, 0.3) is 5.91 Å². The van der Waals surface area contributed by atoms with E-state index in [1.165, 1.54) is 12.1 Å². The van der Waals surface area contributed by atoms with Crippen molar-refractivity contribution in [3.8, 4) is 17.6 Å². The number of nitrogens with two attached hydrogens (primary N) is 1. The van der Waals surface area contributed by atoms with Crippen LogP contribution in [-0.4, -0.2) is 23.7 Å². The Kier molecular flexibility index (Phi) is 5.98. The van der Waals surface area contributed by atoms with E-state index in [1.807, 2.05) is 22.6 Å². The van der Waals surface area contributed by atoms with Crippen molar-refractivity contribution in [1.29, 1.82) is 5.26 Å². The van der Waals surface area contributed by atoms with Gasteiger partial charge in [-0.15, -0.1) is 0 Å². The fraction of sp³-hybridized carbons (Fsp3) is 0.154. The number of carbonyl (C=O) groups excluding carboxylic acids is 2. The molecule has 0 bridgehead atoms. The molecule has 110 valence electrons. The van der Waals surface area contributed by atoms with Crippen LogP contribution in [0.15, 0.2) is 17.7 Å². The first-order valence-electron chi connectivity index (χ1n) is 5.77. The minimum Gasteiger partial charge on any atom is -0.504 e. The molecule has 1 aromatic carbocycles. The van der Waals surface area contributed by atoms with Crippen LogP contribution in [0.5, 0.6) is 11.5 Å². The van der Waals surface area contributed by atoms with Crippen molar-refractivity contribution in [3.05, 3.63) is 26.8 Å². The number of phenolic OH excluding ortho intramolecular Hbond substituents is 1. The molecule has 0 radical (unpaired) electrons. The summed E-state index contributed by atoms with van der Waals surface area (Å²) < 4.78 is 5.75. The topological polar surface area (TPSA) is 125 Å². The van der Waals surface area contributed by atoms with E-state index in [0.717, 1.165) is 0 Å². The Morgan fingerprint density at radius 2 is 2.24 bits per heavy atom. The number of aromatic hydroxyl groups is 1. The highest BCUT2D eigenvalue weighted by atomic mass is 127. The minimum absolute atomic E-state index is 0.0188. The van der Waals surface area contributed by atoms with Gasteiger partial charge in [-0.2, -0.15) is 5.26 Å². The smallest absolute Gasteiger partial charge is 0.319 e. The number of halogens is 1. The second-order valence-electron chi connectivity index (χ2n) is 3.77. The number of ether oxygens (including phenoxy) is 1. The van der Waals surface area contributed by atoms with Gasteiger partial charge in [0.2, 0.25) is 0 Å². The highest BCUT2D eigenvalue weighted by Crippen LogP contribution is 2.33. The van der Waals surface area contributed by atoms with Crippen molar-refractivity contribution in [2.24, 2.45) is 5.73 Å². The van der Waals surface area contributed by atoms with Crippen LogP contribution in [0.2, 0.25) is 0 Å². The maximum atomic E-state index is 11.6. The van der Waals surface area contributed by atoms with Crippen LogP contribution in [0.4, 0.5) is 4.79 Å². The van der Waals surface area contributed by atoms with Gasteiger partial charge in [-0.25, -0.2) is 4.79 Å². The molecule has 8 heteroatoms. The van der Waals surface area contributed by atoms with Crippen LogP contribution in [0.1, 0.15) is 12.5 Å². The van der Waals surface area contributed by atoms with E-state index in [0.29, 0.717) is 15.7 Å². The molecule has 0 saturated carbocycles. The van der Waals surface area contributed by atoms with Crippen molar-refractivity contribution in [2.75, 3.05) is 6.61 Å². The molecular formula is C13H12IN3O4. The monoisotopic (exact) mass is 401 g/mol. The van der Waals surface area contributed by atoms with Crippen LogP contribution in [-0.2, 0) is 4.79 Å². The van der Waals surface area contributed by atoms with Crippen molar-refractivity contribution in [1.82, 2.24) is 5.32 Å². The van der Waals surface area contributed by atoms with Gasteiger partial charge in [-0.05, 0) is 53.3 Å². The molecule has 1 aromatic rings. The first-order valence-corrected chi connectivity index (χ1v) is 6.84. The highest BCUT2D eigenvalue weighted by molar-refractivity contribution is 14.1. The zero-order chi connectivity index (χ0) is 16.0. The Morgan fingerprint density at radius 3 is 2.76 bits per heavy atom. The molecule has 0 unspecified atom stereocenters. The molecule has 0 fully saturated rings. The average molecular weight is 401 g/mol. The number of hydrogen-bond donors (Lipinski definition) is 3. The van der Waals surface area contributed by atoms with Gasteiger partial charge in [0.05, 0.1) is 10.2 Å². The molecule has 0 spiro atoms. The van der Waals surface area contributed by atoms with Crippen molar-refractivity contribution in [2.45, 2.75) is 6.92 Å². The highest BCUT2D eigenvalue weighted by Gasteiger charge is 2.13. The normalized spacial score (nSPS) is 10.6. The molecule has 4 N–H and O–H groups in total. The number of benzene rings is 1. The third kappa shape index (κ3) is 4.64. The summed E-state index contributed by atoms with van der Waals surface area (Å²) >= 11 is 1.89. The van der Waals surface area contributed by atoms with Gasteiger partial charge in [0.15, 0.2) is 11.5 Å². The first kappa shape index (κ1) is 16.8. The van der Waals surface area contributed by atoms with E-state index in [9.17, 15) is 14.7 Å². The molecule has 0 atom stereocenters. The van der Waals surface area contributed by atoms with Gasteiger partial charge < -0.3 is 15.6 Å².